The van der Waals surface area contributed by atoms with Crippen molar-refractivity contribution in [2.45, 2.75) is 12.9 Å². The minimum Gasteiger partial charge on any atom is -0.403 e. The molecule has 8 heteroatoms. The van der Waals surface area contributed by atoms with Crippen LogP contribution in [0.2, 0.25) is 0 Å². The summed E-state index contributed by atoms with van der Waals surface area (Å²) in [5, 5.41) is 12.9. The van der Waals surface area contributed by atoms with Gasteiger partial charge in [0.05, 0.1) is 12.3 Å². The van der Waals surface area contributed by atoms with Crippen LogP contribution in [0.3, 0.4) is 0 Å². The fourth-order valence-corrected chi connectivity index (χ4v) is 1.95. The highest BCUT2D eigenvalue weighted by atomic mass is 79.9. The molecule has 1 aromatic carbocycles. The van der Waals surface area contributed by atoms with Gasteiger partial charge >= 0.3 is 6.36 Å². The van der Waals surface area contributed by atoms with E-state index in [0.29, 0.717) is 9.86 Å². The van der Waals surface area contributed by atoms with Crippen molar-refractivity contribution in [1.82, 2.24) is 9.78 Å². The number of rotatable bonds is 2. The number of benzene rings is 1. The number of hydrogen-bond donors (Lipinski definition) is 0. The van der Waals surface area contributed by atoms with E-state index >= 15 is 0 Å². The number of nitriles is 1. The van der Waals surface area contributed by atoms with Crippen LogP contribution in [-0.4, -0.2) is 16.1 Å². The van der Waals surface area contributed by atoms with E-state index in [1.54, 1.807) is 0 Å². The molecular formula is C10H5BrF3N3O. The van der Waals surface area contributed by atoms with Gasteiger partial charge in [0.2, 0.25) is 0 Å². The summed E-state index contributed by atoms with van der Waals surface area (Å²) in [6.07, 6.45) is -3.41. The molecule has 0 amide bonds. The zero-order valence-corrected chi connectivity index (χ0v) is 10.3. The SMILES string of the molecule is N#CCn1ncc2c(Br)ccc(OC(F)(F)F)c21. The Morgan fingerprint density at radius 3 is 2.78 bits per heavy atom. The average Bonchev–Trinajstić information content (AvgIpc) is 2.66. The molecule has 2 rings (SSSR count). The largest absolute Gasteiger partial charge is 0.573 e. The van der Waals surface area contributed by atoms with E-state index in [1.807, 2.05) is 6.07 Å². The second kappa shape index (κ2) is 4.49. The second-order valence-corrected chi connectivity index (χ2v) is 4.17. The van der Waals surface area contributed by atoms with Gasteiger partial charge in [-0.05, 0) is 12.1 Å². The van der Waals surface area contributed by atoms with Crippen LogP contribution in [0, 0.1) is 11.3 Å². The van der Waals surface area contributed by atoms with E-state index in [4.69, 9.17) is 5.26 Å². The third-order valence-corrected chi connectivity index (χ3v) is 2.85. The van der Waals surface area contributed by atoms with Gasteiger partial charge in [0.25, 0.3) is 0 Å². The number of nitrogens with zero attached hydrogens (tertiary/aromatic N) is 3. The van der Waals surface area contributed by atoms with Crippen molar-refractivity contribution in [2.24, 2.45) is 0 Å². The van der Waals surface area contributed by atoms with Crippen molar-refractivity contribution in [3.63, 3.8) is 0 Å². The molecular weight excluding hydrogens is 315 g/mol. The van der Waals surface area contributed by atoms with E-state index in [2.05, 4.69) is 25.8 Å². The Balaban J connectivity index is 2.62. The minimum atomic E-state index is -4.79. The lowest BCUT2D eigenvalue weighted by atomic mass is 10.2. The fourth-order valence-electron chi connectivity index (χ4n) is 1.53. The average molecular weight is 320 g/mol. The van der Waals surface area contributed by atoms with Crippen LogP contribution >= 0.6 is 15.9 Å². The van der Waals surface area contributed by atoms with Gasteiger partial charge in [0, 0.05) is 9.86 Å². The van der Waals surface area contributed by atoms with Crippen LogP contribution in [0.1, 0.15) is 0 Å². The molecule has 2 aromatic rings. The first-order chi connectivity index (χ1) is 8.42. The van der Waals surface area contributed by atoms with Crippen molar-refractivity contribution >= 4 is 26.8 Å². The van der Waals surface area contributed by atoms with Gasteiger partial charge < -0.3 is 4.74 Å². The number of hydrogen-bond acceptors (Lipinski definition) is 3. The first-order valence-corrected chi connectivity index (χ1v) is 5.48. The first kappa shape index (κ1) is 12.7. The summed E-state index contributed by atoms with van der Waals surface area (Å²) in [6.45, 7) is -0.159. The summed E-state index contributed by atoms with van der Waals surface area (Å²) in [4.78, 5) is 0. The molecule has 18 heavy (non-hydrogen) atoms. The van der Waals surface area contributed by atoms with Gasteiger partial charge in [-0.15, -0.1) is 13.2 Å². The molecule has 0 bridgehead atoms. The normalized spacial score (nSPS) is 11.5. The van der Waals surface area contributed by atoms with Crippen LogP contribution < -0.4 is 4.74 Å². The molecule has 0 N–H and O–H groups in total. The summed E-state index contributed by atoms with van der Waals surface area (Å²) in [6, 6.07) is 4.43. The maximum Gasteiger partial charge on any atom is 0.573 e. The zero-order chi connectivity index (χ0) is 13.3. The number of ether oxygens (including phenoxy) is 1. The first-order valence-electron chi connectivity index (χ1n) is 4.69. The van der Waals surface area contributed by atoms with E-state index in [9.17, 15) is 13.2 Å². The smallest absolute Gasteiger partial charge is 0.403 e. The van der Waals surface area contributed by atoms with Crippen LogP contribution in [-0.2, 0) is 6.54 Å². The lowest BCUT2D eigenvalue weighted by Gasteiger charge is -2.11. The van der Waals surface area contributed by atoms with Gasteiger partial charge in [0.15, 0.2) is 5.75 Å². The molecule has 0 unspecified atom stereocenters. The Labute approximate surface area is 108 Å². The number of fused-ring (bicyclic) bond motifs is 1. The van der Waals surface area contributed by atoms with Gasteiger partial charge in [0.1, 0.15) is 12.1 Å². The molecule has 0 aliphatic heterocycles. The Morgan fingerprint density at radius 2 is 2.17 bits per heavy atom. The molecule has 0 spiro atoms. The van der Waals surface area contributed by atoms with Gasteiger partial charge in [-0.2, -0.15) is 10.4 Å². The Kier molecular flexibility index (Phi) is 3.17. The van der Waals surface area contributed by atoms with E-state index in [1.165, 1.54) is 18.3 Å². The Bertz CT molecular complexity index is 630. The summed E-state index contributed by atoms with van der Waals surface area (Å²) in [7, 11) is 0. The molecule has 0 radical (unpaired) electrons. The number of alkyl halides is 3. The number of halogens is 4. The molecule has 0 atom stereocenters. The standard InChI is InChI=1S/C10H5BrF3N3O/c11-7-1-2-8(18-10(12,13)14)9-6(7)5-16-17(9)4-3-15/h1-2,5H,4H2. The highest BCUT2D eigenvalue weighted by molar-refractivity contribution is 9.10. The van der Waals surface area contributed by atoms with Crippen LogP contribution in [0.25, 0.3) is 10.9 Å². The Morgan fingerprint density at radius 1 is 1.44 bits per heavy atom. The highest BCUT2D eigenvalue weighted by Crippen LogP contribution is 2.34. The maximum atomic E-state index is 12.3. The molecule has 0 aliphatic carbocycles. The van der Waals surface area contributed by atoms with E-state index < -0.39 is 6.36 Å². The summed E-state index contributed by atoms with van der Waals surface area (Å²) >= 11 is 3.20. The van der Waals surface area contributed by atoms with Crippen molar-refractivity contribution < 1.29 is 17.9 Å². The lowest BCUT2D eigenvalue weighted by Crippen LogP contribution is -2.17. The van der Waals surface area contributed by atoms with Crippen molar-refractivity contribution in [1.29, 1.82) is 5.26 Å². The molecule has 0 saturated carbocycles. The summed E-state index contributed by atoms with van der Waals surface area (Å²) in [5.74, 6) is -0.381. The maximum absolute atomic E-state index is 12.3. The van der Waals surface area contributed by atoms with Crippen molar-refractivity contribution in [2.75, 3.05) is 0 Å². The van der Waals surface area contributed by atoms with E-state index in [-0.39, 0.29) is 17.8 Å². The van der Waals surface area contributed by atoms with Crippen LogP contribution in [0.15, 0.2) is 22.8 Å². The predicted octanol–water partition coefficient (Wildman–Crippen LogP) is 3.22. The fraction of sp³-hybridized carbons (Fsp3) is 0.200. The van der Waals surface area contributed by atoms with Crippen molar-refractivity contribution in [3.8, 4) is 11.8 Å². The molecule has 94 valence electrons. The van der Waals surface area contributed by atoms with Crippen LogP contribution in [0.4, 0.5) is 13.2 Å². The predicted molar refractivity (Wildman–Crippen MR) is 59.7 cm³/mol. The minimum absolute atomic E-state index is 0.128. The third kappa shape index (κ3) is 2.41. The molecule has 0 aliphatic rings. The molecule has 0 saturated heterocycles. The van der Waals surface area contributed by atoms with Gasteiger partial charge in [-0.1, -0.05) is 15.9 Å². The number of aromatic nitrogens is 2. The Hall–Kier alpha value is -1.75. The van der Waals surface area contributed by atoms with Crippen LogP contribution in [0.5, 0.6) is 5.75 Å². The molecule has 0 fully saturated rings. The zero-order valence-electron chi connectivity index (χ0n) is 8.70. The quantitative estimate of drug-likeness (QED) is 0.854. The second-order valence-electron chi connectivity index (χ2n) is 3.32. The highest BCUT2D eigenvalue weighted by Gasteiger charge is 2.32. The van der Waals surface area contributed by atoms with E-state index in [0.717, 1.165) is 4.68 Å². The van der Waals surface area contributed by atoms with Gasteiger partial charge in [-0.25, -0.2) is 4.68 Å². The van der Waals surface area contributed by atoms with Crippen molar-refractivity contribution in [3.05, 3.63) is 22.8 Å². The lowest BCUT2D eigenvalue weighted by molar-refractivity contribution is -0.274. The summed E-state index contributed by atoms with van der Waals surface area (Å²) in [5.41, 5.74) is 0.128. The molecule has 4 nitrogen and oxygen atoms in total. The summed E-state index contributed by atoms with van der Waals surface area (Å²) < 4.78 is 42.5. The monoisotopic (exact) mass is 319 g/mol. The molecule has 1 aromatic heterocycles. The molecule has 1 heterocycles. The third-order valence-electron chi connectivity index (χ3n) is 2.16. The van der Waals surface area contributed by atoms with Gasteiger partial charge in [-0.3, -0.25) is 0 Å². The topological polar surface area (TPSA) is 50.8 Å².